The fourth-order valence-electron chi connectivity index (χ4n) is 1.09. The predicted molar refractivity (Wildman–Crippen MR) is 56.2 cm³/mol. The van der Waals surface area contributed by atoms with Gasteiger partial charge in [-0.25, -0.2) is 9.07 Å². The van der Waals surface area contributed by atoms with Gasteiger partial charge in [0, 0.05) is 4.47 Å². The number of aromatic nitrogens is 2. The molecule has 1 aromatic heterocycles. The van der Waals surface area contributed by atoms with E-state index in [4.69, 9.17) is 11.6 Å². The number of nitrogens with zero attached hydrogens (tertiary/aromatic N) is 2. The Morgan fingerprint density at radius 2 is 2.21 bits per heavy atom. The molecule has 0 radical (unpaired) electrons. The first-order valence-electron chi connectivity index (χ1n) is 3.82. The van der Waals surface area contributed by atoms with Gasteiger partial charge in [0.1, 0.15) is 0 Å². The van der Waals surface area contributed by atoms with Crippen molar-refractivity contribution in [3.8, 4) is 5.69 Å². The molecular formula is C9H5BrClFN2. The number of rotatable bonds is 1. The van der Waals surface area contributed by atoms with Gasteiger partial charge in [0.25, 0.3) is 0 Å². The van der Waals surface area contributed by atoms with Crippen molar-refractivity contribution >= 4 is 27.5 Å². The molecule has 0 fully saturated rings. The minimum Gasteiger partial charge on any atom is -0.236 e. The number of halogens is 3. The number of hydrogen-bond acceptors (Lipinski definition) is 1. The molecule has 2 rings (SSSR count). The molecular weight excluding hydrogens is 270 g/mol. The van der Waals surface area contributed by atoms with Crippen LogP contribution in [0.5, 0.6) is 0 Å². The third-order valence-electron chi connectivity index (χ3n) is 1.71. The van der Waals surface area contributed by atoms with Gasteiger partial charge in [-0.1, -0.05) is 27.5 Å². The summed E-state index contributed by atoms with van der Waals surface area (Å²) in [5.41, 5.74) is 0.643. The van der Waals surface area contributed by atoms with E-state index in [0.29, 0.717) is 10.7 Å². The van der Waals surface area contributed by atoms with Crippen LogP contribution in [0.4, 0.5) is 4.39 Å². The summed E-state index contributed by atoms with van der Waals surface area (Å²) in [5, 5.41) is 4.35. The van der Waals surface area contributed by atoms with Crippen molar-refractivity contribution in [2.24, 2.45) is 0 Å². The van der Waals surface area contributed by atoms with Crippen molar-refractivity contribution in [3.63, 3.8) is 0 Å². The number of hydrogen-bond donors (Lipinski definition) is 0. The second-order valence-corrected chi connectivity index (χ2v) is 4.02. The van der Waals surface area contributed by atoms with E-state index in [1.165, 1.54) is 10.9 Å². The Morgan fingerprint density at radius 1 is 1.43 bits per heavy atom. The SMILES string of the molecule is Fc1cnn(-c2cc(Br)ccc2Cl)c1. The lowest BCUT2D eigenvalue weighted by atomic mass is 10.3. The van der Waals surface area contributed by atoms with E-state index < -0.39 is 0 Å². The third-order valence-corrected chi connectivity index (χ3v) is 2.52. The van der Waals surface area contributed by atoms with Gasteiger partial charge in [0.05, 0.1) is 23.1 Å². The zero-order valence-corrected chi connectivity index (χ0v) is 9.26. The van der Waals surface area contributed by atoms with Crippen molar-refractivity contribution < 1.29 is 4.39 Å². The zero-order valence-electron chi connectivity index (χ0n) is 6.92. The van der Waals surface area contributed by atoms with Gasteiger partial charge in [-0.05, 0) is 18.2 Å². The highest BCUT2D eigenvalue weighted by Gasteiger charge is 2.05. The molecule has 1 heterocycles. The summed E-state index contributed by atoms with van der Waals surface area (Å²) in [7, 11) is 0. The topological polar surface area (TPSA) is 17.8 Å². The Labute approximate surface area is 93.4 Å². The van der Waals surface area contributed by atoms with E-state index in [9.17, 15) is 4.39 Å². The highest BCUT2D eigenvalue weighted by atomic mass is 79.9. The minimum atomic E-state index is -0.388. The summed E-state index contributed by atoms with van der Waals surface area (Å²) in [4.78, 5) is 0. The van der Waals surface area contributed by atoms with E-state index in [-0.39, 0.29) is 5.82 Å². The van der Waals surface area contributed by atoms with Crippen LogP contribution in [-0.4, -0.2) is 9.78 Å². The molecule has 0 aliphatic carbocycles. The molecule has 0 saturated heterocycles. The molecule has 0 aliphatic rings. The van der Waals surface area contributed by atoms with Crippen LogP contribution in [0.3, 0.4) is 0 Å². The highest BCUT2D eigenvalue weighted by molar-refractivity contribution is 9.10. The van der Waals surface area contributed by atoms with Crippen LogP contribution >= 0.6 is 27.5 Å². The predicted octanol–water partition coefficient (Wildman–Crippen LogP) is 3.43. The monoisotopic (exact) mass is 274 g/mol. The van der Waals surface area contributed by atoms with Crippen molar-refractivity contribution in [2.75, 3.05) is 0 Å². The molecule has 2 aromatic rings. The maximum atomic E-state index is 12.7. The Bertz CT molecular complexity index is 470. The zero-order chi connectivity index (χ0) is 10.1. The molecule has 0 atom stereocenters. The smallest absolute Gasteiger partial charge is 0.161 e. The first kappa shape index (κ1) is 9.68. The molecule has 0 bridgehead atoms. The van der Waals surface area contributed by atoms with Crippen molar-refractivity contribution in [1.82, 2.24) is 9.78 Å². The summed E-state index contributed by atoms with van der Waals surface area (Å²) in [6.07, 6.45) is 2.41. The summed E-state index contributed by atoms with van der Waals surface area (Å²) in [5.74, 6) is -0.388. The lowest BCUT2D eigenvalue weighted by Crippen LogP contribution is -1.94. The Kier molecular flexibility index (Phi) is 2.56. The molecule has 0 unspecified atom stereocenters. The molecule has 0 amide bonds. The van der Waals surface area contributed by atoms with Crippen LogP contribution in [-0.2, 0) is 0 Å². The first-order chi connectivity index (χ1) is 6.66. The Balaban J connectivity index is 2.55. The van der Waals surface area contributed by atoms with Crippen molar-refractivity contribution in [2.45, 2.75) is 0 Å². The van der Waals surface area contributed by atoms with Crippen LogP contribution < -0.4 is 0 Å². The van der Waals surface area contributed by atoms with Gasteiger partial charge in [-0.2, -0.15) is 5.10 Å². The molecule has 0 saturated carbocycles. The average molecular weight is 276 g/mol. The van der Waals surface area contributed by atoms with Gasteiger partial charge < -0.3 is 0 Å². The van der Waals surface area contributed by atoms with Crippen LogP contribution in [0.2, 0.25) is 5.02 Å². The van der Waals surface area contributed by atoms with E-state index in [1.807, 2.05) is 6.07 Å². The van der Waals surface area contributed by atoms with Gasteiger partial charge >= 0.3 is 0 Å². The van der Waals surface area contributed by atoms with Crippen LogP contribution in [0.25, 0.3) is 5.69 Å². The van der Waals surface area contributed by atoms with Crippen LogP contribution in [0, 0.1) is 5.82 Å². The fourth-order valence-corrected chi connectivity index (χ4v) is 1.65. The van der Waals surface area contributed by atoms with E-state index >= 15 is 0 Å². The summed E-state index contributed by atoms with van der Waals surface area (Å²) < 4.78 is 15.0. The summed E-state index contributed by atoms with van der Waals surface area (Å²) in [6, 6.07) is 5.31. The molecule has 2 nitrogen and oxygen atoms in total. The molecule has 0 N–H and O–H groups in total. The molecule has 1 aromatic carbocycles. The first-order valence-corrected chi connectivity index (χ1v) is 4.99. The molecule has 72 valence electrons. The molecule has 5 heteroatoms. The maximum Gasteiger partial charge on any atom is 0.161 e. The number of benzene rings is 1. The van der Waals surface area contributed by atoms with Crippen molar-refractivity contribution in [1.29, 1.82) is 0 Å². The van der Waals surface area contributed by atoms with Crippen LogP contribution in [0.15, 0.2) is 35.1 Å². The van der Waals surface area contributed by atoms with Gasteiger partial charge in [0.2, 0.25) is 0 Å². The largest absolute Gasteiger partial charge is 0.236 e. The van der Waals surface area contributed by atoms with Gasteiger partial charge in [-0.15, -0.1) is 0 Å². The summed E-state index contributed by atoms with van der Waals surface area (Å²) >= 11 is 9.24. The van der Waals surface area contributed by atoms with Gasteiger partial charge in [-0.3, -0.25) is 0 Å². The standard InChI is InChI=1S/C9H5BrClFN2/c10-6-1-2-8(11)9(3-6)14-5-7(12)4-13-14/h1-5H. The Morgan fingerprint density at radius 3 is 2.86 bits per heavy atom. The maximum absolute atomic E-state index is 12.7. The second kappa shape index (κ2) is 3.71. The molecule has 0 spiro atoms. The van der Waals surface area contributed by atoms with E-state index in [1.54, 1.807) is 12.1 Å². The Hall–Kier alpha value is -0.870. The fraction of sp³-hybridized carbons (Fsp3) is 0. The quantitative estimate of drug-likeness (QED) is 0.780. The lowest BCUT2D eigenvalue weighted by molar-refractivity contribution is 0.627. The highest BCUT2D eigenvalue weighted by Crippen LogP contribution is 2.23. The van der Waals surface area contributed by atoms with E-state index in [2.05, 4.69) is 21.0 Å². The second-order valence-electron chi connectivity index (χ2n) is 2.70. The molecule has 14 heavy (non-hydrogen) atoms. The summed E-state index contributed by atoms with van der Waals surface area (Å²) in [6.45, 7) is 0. The molecule has 0 aliphatic heterocycles. The lowest BCUT2D eigenvalue weighted by Gasteiger charge is -2.03. The third kappa shape index (κ3) is 1.81. The van der Waals surface area contributed by atoms with E-state index in [0.717, 1.165) is 10.7 Å². The van der Waals surface area contributed by atoms with Crippen molar-refractivity contribution in [3.05, 3.63) is 45.9 Å². The average Bonchev–Trinajstić information content (AvgIpc) is 2.56. The normalized spacial score (nSPS) is 10.5. The van der Waals surface area contributed by atoms with Crippen LogP contribution in [0.1, 0.15) is 0 Å². The minimum absolute atomic E-state index is 0.388. The van der Waals surface area contributed by atoms with Gasteiger partial charge in [0.15, 0.2) is 5.82 Å².